The van der Waals surface area contributed by atoms with E-state index in [0.717, 1.165) is 24.0 Å². The second kappa shape index (κ2) is 6.85. The predicted octanol–water partition coefficient (Wildman–Crippen LogP) is 1.92. The Balaban J connectivity index is 2.13. The smallest absolute Gasteiger partial charge is 0.240 e. The van der Waals surface area contributed by atoms with Crippen molar-refractivity contribution in [1.82, 2.24) is 4.90 Å². The average Bonchev–Trinajstić information content (AvgIpc) is 2.85. The summed E-state index contributed by atoms with van der Waals surface area (Å²) in [6, 6.07) is 3.20. The molecule has 21 heavy (non-hydrogen) atoms. The number of rotatable bonds is 5. The molecular weight excluding hydrogens is 288 g/mol. The Hall–Kier alpha value is -1.69. The first-order valence-electron chi connectivity index (χ1n) is 7.20. The van der Waals surface area contributed by atoms with Crippen LogP contribution in [0.1, 0.15) is 53.1 Å². The monoisotopic (exact) mass is 308 g/mol. The van der Waals surface area contributed by atoms with Crippen molar-refractivity contribution in [3.05, 3.63) is 21.9 Å². The molecule has 0 aliphatic carbocycles. The number of carbonyl (C=O) groups is 3. The van der Waals surface area contributed by atoms with Gasteiger partial charge < -0.3 is 10.6 Å². The van der Waals surface area contributed by atoms with Gasteiger partial charge in [0.25, 0.3) is 0 Å². The van der Waals surface area contributed by atoms with Gasteiger partial charge >= 0.3 is 0 Å². The van der Waals surface area contributed by atoms with Crippen LogP contribution in [0.5, 0.6) is 0 Å². The Labute approximate surface area is 128 Å². The van der Waals surface area contributed by atoms with Crippen LogP contribution >= 0.6 is 11.3 Å². The van der Waals surface area contributed by atoms with E-state index in [0.29, 0.717) is 24.3 Å². The summed E-state index contributed by atoms with van der Waals surface area (Å²) in [7, 11) is 0. The van der Waals surface area contributed by atoms with Gasteiger partial charge in [0.2, 0.25) is 11.8 Å². The zero-order chi connectivity index (χ0) is 15.4. The van der Waals surface area contributed by atoms with Gasteiger partial charge in [-0.2, -0.15) is 0 Å². The molecule has 2 rings (SSSR count). The lowest BCUT2D eigenvalue weighted by molar-refractivity contribution is -0.139. The van der Waals surface area contributed by atoms with Gasteiger partial charge in [0.1, 0.15) is 6.04 Å². The molecule has 2 unspecified atom stereocenters. The van der Waals surface area contributed by atoms with E-state index in [9.17, 15) is 14.4 Å². The highest BCUT2D eigenvalue weighted by Gasteiger charge is 2.31. The number of hydrogen-bond donors (Lipinski definition) is 1. The first-order valence-corrected chi connectivity index (χ1v) is 8.02. The topological polar surface area (TPSA) is 80.5 Å². The van der Waals surface area contributed by atoms with Gasteiger partial charge in [0.05, 0.1) is 4.88 Å². The van der Waals surface area contributed by atoms with Crippen molar-refractivity contribution in [2.45, 2.75) is 44.6 Å². The third kappa shape index (κ3) is 3.50. The highest BCUT2D eigenvalue weighted by atomic mass is 32.1. The maximum Gasteiger partial charge on any atom is 0.240 e. The van der Waals surface area contributed by atoms with Crippen molar-refractivity contribution in [3.63, 3.8) is 0 Å². The molecular formula is C15H20N2O3S. The maximum atomic E-state index is 12.4. The number of carbonyl (C=O) groups excluding carboxylic acids is 3. The number of likely N-dealkylation sites (tertiary alicyclic amines) is 1. The van der Waals surface area contributed by atoms with Gasteiger partial charge in [0, 0.05) is 23.8 Å². The van der Waals surface area contributed by atoms with Crippen molar-refractivity contribution in [3.8, 4) is 0 Å². The molecule has 2 atom stereocenters. The Morgan fingerprint density at radius 1 is 1.57 bits per heavy atom. The minimum absolute atomic E-state index is 0.0239. The zero-order valence-electron chi connectivity index (χ0n) is 12.1. The number of thiophene rings is 1. The standard InChI is InChI=1S/C15H20N2O3S/c1-2-12(15(16)20)17-7-3-4-10(8-14(17)19)13-6-5-11(9-18)21-13/h5-6,9-10,12H,2-4,7-8H2,1H3,(H2,16,20). The second-order valence-electron chi connectivity index (χ2n) is 5.31. The van der Waals surface area contributed by atoms with E-state index < -0.39 is 11.9 Å². The minimum Gasteiger partial charge on any atom is -0.368 e. The van der Waals surface area contributed by atoms with E-state index in [2.05, 4.69) is 0 Å². The summed E-state index contributed by atoms with van der Waals surface area (Å²) >= 11 is 1.44. The van der Waals surface area contributed by atoms with Crippen LogP contribution in [0.4, 0.5) is 0 Å². The van der Waals surface area contributed by atoms with Crippen molar-refractivity contribution >= 4 is 29.4 Å². The SMILES string of the molecule is CCC(C(N)=O)N1CCCC(c2ccc(C=O)s2)CC1=O. The van der Waals surface area contributed by atoms with Crippen molar-refractivity contribution in [2.24, 2.45) is 5.73 Å². The molecule has 0 saturated carbocycles. The number of aldehydes is 1. The second-order valence-corrected chi connectivity index (χ2v) is 6.46. The normalized spacial score (nSPS) is 20.9. The minimum atomic E-state index is -0.509. The number of nitrogens with zero attached hydrogens (tertiary/aromatic N) is 1. The fourth-order valence-electron chi connectivity index (χ4n) is 2.86. The van der Waals surface area contributed by atoms with Gasteiger partial charge in [-0.3, -0.25) is 14.4 Å². The Morgan fingerprint density at radius 3 is 2.90 bits per heavy atom. The van der Waals surface area contributed by atoms with Crippen LogP contribution in [0.3, 0.4) is 0 Å². The molecule has 0 aromatic carbocycles. The molecule has 1 aromatic rings. The number of primary amides is 1. The van der Waals surface area contributed by atoms with E-state index in [1.807, 2.05) is 13.0 Å². The average molecular weight is 308 g/mol. The van der Waals surface area contributed by atoms with Gasteiger partial charge in [-0.25, -0.2) is 0 Å². The summed E-state index contributed by atoms with van der Waals surface area (Å²) in [5.41, 5.74) is 5.39. The molecule has 2 amide bonds. The molecule has 1 aliphatic heterocycles. The lowest BCUT2D eigenvalue weighted by Gasteiger charge is -2.27. The van der Waals surface area contributed by atoms with Gasteiger partial charge in [-0.1, -0.05) is 6.92 Å². The van der Waals surface area contributed by atoms with E-state index in [4.69, 9.17) is 5.73 Å². The number of nitrogens with two attached hydrogens (primary N) is 1. The van der Waals surface area contributed by atoms with Crippen LogP contribution < -0.4 is 5.73 Å². The zero-order valence-corrected chi connectivity index (χ0v) is 12.9. The summed E-state index contributed by atoms with van der Waals surface area (Å²) < 4.78 is 0. The molecule has 1 fully saturated rings. The lowest BCUT2D eigenvalue weighted by Crippen LogP contribution is -2.47. The van der Waals surface area contributed by atoms with Gasteiger partial charge in [-0.05, 0) is 31.4 Å². The highest BCUT2D eigenvalue weighted by molar-refractivity contribution is 7.13. The molecule has 0 spiro atoms. The Bertz CT molecular complexity index is 541. The molecule has 0 bridgehead atoms. The first kappa shape index (κ1) is 15.7. The fourth-order valence-corrected chi connectivity index (χ4v) is 3.82. The molecule has 6 heteroatoms. The van der Waals surface area contributed by atoms with E-state index >= 15 is 0 Å². The maximum absolute atomic E-state index is 12.4. The quantitative estimate of drug-likeness (QED) is 0.844. The summed E-state index contributed by atoms with van der Waals surface area (Å²) in [6.45, 7) is 2.43. The van der Waals surface area contributed by atoms with Gasteiger partial charge in [0.15, 0.2) is 6.29 Å². The van der Waals surface area contributed by atoms with Crippen LogP contribution in [0, 0.1) is 0 Å². The third-order valence-corrected chi connectivity index (χ3v) is 5.12. The highest BCUT2D eigenvalue weighted by Crippen LogP contribution is 2.33. The van der Waals surface area contributed by atoms with Crippen molar-refractivity contribution in [1.29, 1.82) is 0 Å². The van der Waals surface area contributed by atoms with Crippen LogP contribution in [0.25, 0.3) is 0 Å². The van der Waals surface area contributed by atoms with Crippen LogP contribution in [-0.4, -0.2) is 35.6 Å². The van der Waals surface area contributed by atoms with E-state index in [1.54, 1.807) is 11.0 Å². The van der Waals surface area contributed by atoms with Crippen LogP contribution in [0.2, 0.25) is 0 Å². The summed E-state index contributed by atoms with van der Waals surface area (Å²) in [5.74, 6) is -0.334. The summed E-state index contributed by atoms with van der Waals surface area (Å²) in [4.78, 5) is 38.1. The molecule has 1 saturated heterocycles. The molecule has 114 valence electrons. The summed E-state index contributed by atoms with van der Waals surface area (Å²) in [6.07, 6.45) is 3.48. The molecule has 5 nitrogen and oxygen atoms in total. The van der Waals surface area contributed by atoms with E-state index in [-0.39, 0.29) is 11.8 Å². The molecule has 2 heterocycles. The Morgan fingerprint density at radius 2 is 2.33 bits per heavy atom. The molecule has 0 radical (unpaired) electrons. The number of hydrogen-bond acceptors (Lipinski definition) is 4. The van der Waals surface area contributed by atoms with Crippen molar-refractivity contribution < 1.29 is 14.4 Å². The van der Waals surface area contributed by atoms with E-state index in [1.165, 1.54) is 11.3 Å². The molecule has 2 N–H and O–H groups in total. The fraction of sp³-hybridized carbons (Fsp3) is 0.533. The lowest BCUT2D eigenvalue weighted by atomic mass is 9.99. The predicted molar refractivity (Wildman–Crippen MR) is 81.3 cm³/mol. The Kier molecular flexibility index (Phi) is 5.12. The van der Waals surface area contributed by atoms with Crippen molar-refractivity contribution in [2.75, 3.05) is 6.54 Å². The number of amides is 2. The molecule has 1 aliphatic rings. The first-order chi connectivity index (χ1) is 10.1. The van der Waals surface area contributed by atoms with Crippen LogP contribution in [0.15, 0.2) is 12.1 Å². The molecule has 1 aromatic heterocycles. The largest absolute Gasteiger partial charge is 0.368 e. The third-order valence-electron chi connectivity index (χ3n) is 3.95. The van der Waals surface area contributed by atoms with Crippen LogP contribution in [-0.2, 0) is 9.59 Å². The summed E-state index contributed by atoms with van der Waals surface area (Å²) in [5, 5.41) is 0. The van der Waals surface area contributed by atoms with Gasteiger partial charge in [-0.15, -0.1) is 11.3 Å².